The first-order chi connectivity index (χ1) is 11.5. The number of halogens is 2. The van der Waals surface area contributed by atoms with Gasteiger partial charge in [0.15, 0.2) is 0 Å². The number of hydrogen-bond donors (Lipinski definition) is 1. The van der Waals surface area contributed by atoms with Crippen LogP contribution in [0, 0.1) is 0 Å². The molecule has 1 aromatic carbocycles. The Labute approximate surface area is 149 Å². The van der Waals surface area contributed by atoms with Gasteiger partial charge in [-0.1, -0.05) is 29.3 Å². The Hall–Kier alpha value is -2.37. The van der Waals surface area contributed by atoms with Crippen LogP contribution in [0.15, 0.2) is 55.2 Å². The van der Waals surface area contributed by atoms with Gasteiger partial charge in [0.2, 0.25) is 0 Å². The van der Waals surface area contributed by atoms with Gasteiger partial charge in [0, 0.05) is 28.6 Å². The molecule has 3 aromatic rings. The number of carbonyl (C=O) groups excluding carboxylic acids is 1. The first-order valence-corrected chi connectivity index (χ1v) is 8.00. The Morgan fingerprint density at radius 3 is 2.71 bits per heavy atom. The second kappa shape index (κ2) is 7.03. The standard InChI is InChI=1S/C17H14Cl2N4O/c1-11(14-4-3-13(18)8-15(14)19)22-17(24)12-2-5-16(21-9-12)23-7-6-20-10-23/h2-11H,1H3,(H,22,24). The number of carbonyl (C=O) groups is 1. The summed E-state index contributed by atoms with van der Waals surface area (Å²) in [7, 11) is 0. The minimum atomic E-state index is -0.254. The van der Waals surface area contributed by atoms with Crippen LogP contribution in [0.5, 0.6) is 0 Å². The molecule has 0 fully saturated rings. The molecule has 1 unspecified atom stereocenters. The first kappa shape index (κ1) is 16.5. The second-order valence-electron chi connectivity index (χ2n) is 5.24. The molecule has 0 aliphatic carbocycles. The second-order valence-corrected chi connectivity index (χ2v) is 6.08. The maximum atomic E-state index is 12.4. The fourth-order valence-corrected chi connectivity index (χ4v) is 2.85. The van der Waals surface area contributed by atoms with Crippen LogP contribution < -0.4 is 5.32 Å². The minimum absolute atomic E-state index is 0.224. The van der Waals surface area contributed by atoms with Crippen molar-refractivity contribution in [1.29, 1.82) is 0 Å². The van der Waals surface area contributed by atoms with E-state index in [1.54, 1.807) is 53.6 Å². The van der Waals surface area contributed by atoms with E-state index in [0.29, 0.717) is 21.4 Å². The van der Waals surface area contributed by atoms with E-state index in [1.165, 1.54) is 6.20 Å². The molecule has 1 amide bonds. The molecule has 0 spiro atoms. The average Bonchev–Trinajstić information content (AvgIpc) is 3.09. The normalized spacial score (nSPS) is 12.0. The lowest BCUT2D eigenvalue weighted by Crippen LogP contribution is -2.27. The van der Waals surface area contributed by atoms with Gasteiger partial charge in [-0.15, -0.1) is 0 Å². The molecule has 122 valence electrons. The average molecular weight is 361 g/mol. The van der Waals surface area contributed by atoms with Gasteiger partial charge >= 0.3 is 0 Å². The highest BCUT2D eigenvalue weighted by atomic mass is 35.5. The lowest BCUT2D eigenvalue weighted by atomic mass is 10.1. The smallest absolute Gasteiger partial charge is 0.253 e. The third kappa shape index (κ3) is 3.58. The molecular formula is C17H14Cl2N4O. The topological polar surface area (TPSA) is 59.8 Å². The summed E-state index contributed by atoms with van der Waals surface area (Å²) in [5, 5.41) is 3.98. The molecule has 0 aliphatic rings. The predicted molar refractivity (Wildman–Crippen MR) is 93.7 cm³/mol. The number of amides is 1. The van der Waals surface area contributed by atoms with Gasteiger partial charge in [0.25, 0.3) is 5.91 Å². The number of nitrogens with one attached hydrogen (secondary N) is 1. The van der Waals surface area contributed by atoms with Crippen molar-refractivity contribution in [1.82, 2.24) is 19.9 Å². The van der Waals surface area contributed by atoms with Gasteiger partial charge in [0.05, 0.1) is 11.6 Å². The van der Waals surface area contributed by atoms with Crippen molar-refractivity contribution in [2.75, 3.05) is 0 Å². The lowest BCUT2D eigenvalue weighted by molar-refractivity contribution is 0.0939. The monoisotopic (exact) mass is 360 g/mol. The molecule has 0 bridgehead atoms. The van der Waals surface area contributed by atoms with Crippen molar-refractivity contribution in [3.63, 3.8) is 0 Å². The SMILES string of the molecule is CC(NC(=O)c1ccc(-n2ccnc2)nc1)c1ccc(Cl)cc1Cl. The van der Waals surface area contributed by atoms with E-state index in [1.807, 2.05) is 6.92 Å². The van der Waals surface area contributed by atoms with Gasteiger partial charge in [-0.05, 0) is 36.8 Å². The fraction of sp³-hybridized carbons (Fsp3) is 0.118. The van der Waals surface area contributed by atoms with Crippen LogP contribution in [0.2, 0.25) is 10.0 Å². The van der Waals surface area contributed by atoms with E-state index in [9.17, 15) is 4.79 Å². The van der Waals surface area contributed by atoms with Crippen molar-refractivity contribution in [3.8, 4) is 5.82 Å². The molecule has 5 nitrogen and oxygen atoms in total. The summed E-state index contributed by atoms with van der Waals surface area (Å²) in [5.74, 6) is 0.469. The van der Waals surface area contributed by atoms with Gasteiger partial charge < -0.3 is 5.32 Å². The number of rotatable bonds is 4. The number of pyridine rings is 1. The van der Waals surface area contributed by atoms with Crippen LogP contribution in [0.25, 0.3) is 5.82 Å². The zero-order chi connectivity index (χ0) is 17.1. The quantitative estimate of drug-likeness (QED) is 0.762. The van der Waals surface area contributed by atoms with E-state index >= 15 is 0 Å². The maximum Gasteiger partial charge on any atom is 0.253 e. The molecule has 1 N–H and O–H groups in total. The highest BCUT2D eigenvalue weighted by Gasteiger charge is 2.14. The third-order valence-electron chi connectivity index (χ3n) is 3.56. The summed E-state index contributed by atoms with van der Waals surface area (Å²) >= 11 is 12.1. The van der Waals surface area contributed by atoms with Gasteiger partial charge in [-0.2, -0.15) is 0 Å². The van der Waals surface area contributed by atoms with Crippen molar-refractivity contribution in [2.45, 2.75) is 13.0 Å². The Kier molecular flexibility index (Phi) is 4.83. The van der Waals surface area contributed by atoms with E-state index in [0.717, 1.165) is 5.56 Å². The van der Waals surface area contributed by atoms with Crippen LogP contribution in [-0.2, 0) is 0 Å². The van der Waals surface area contributed by atoms with E-state index in [-0.39, 0.29) is 11.9 Å². The fourth-order valence-electron chi connectivity index (χ4n) is 2.28. The van der Waals surface area contributed by atoms with Crippen LogP contribution in [-0.4, -0.2) is 20.4 Å². The molecule has 1 atom stereocenters. The minimum Gasteiger partial charge on any atom is -0.345 e. The zero-order valence-corrected chi connectivity index (χ0v) is 14.3. The van der Waals surface area contributed by atoms with Gasteiger partial charge in [-0.25, -0.2) is 9.97 Å². The van der Waals surface area contributed by atoms with Crippen molar-refractivity contribution < 1.29 is 4.79 Å². The van der Waals surface area contributed by atoms with E-state index in [4.69, 9.17) is 23.2 Å². The van der Waals surface area contributed by atoms with Crippen molar-refractivity contribution in [3.05, 3.63) is 76.4 Å². The van der Waals surface area contributed by atoms with Crippen LogP contribution in [0.4, 0.5) is 0 Å². The number of imidazole rings is 1. The molecular weight excluding hydrogens is 347 g/mol. The highest BCUT2D eigenvalue weighted by Crippen LogP contribution is 2.26. The maximum absolute atomic E-state index is 12.4. The Morgan fingerprint density at radius 2 is 2.08 bits per heavy atom. The molecule has 3 rings (SSSR count). The summed E-state index contributed by atoms with van der Waals surface area (Å²) in [4.78, 5) is 20.6. The van der Waals surface area contributed by atoms with Crippen LogP contribution in [0.3, 0.4) is 0 Å². The predicted octanol–water partition coefficient (Wildman–Crippen LogP) is 4.07. The number of aromatic nitrogens is 3. The summed E-state index contributed by atoms with van der Waals surface area (Å²) in [6, 6.07) is 8.42. The van der Waals surface area contributed by atoms with Crippen molar-refractivity contribution >= 4 is 29.1 Å². The summed E-state index contributed by atoms with van der Waals surface area (Å²) in [5.41, 5.74) is 1.27. The molecule has 0 saturated carbocycles. The highest BCUT2D eigenvalue weighted by molar-refractivity contribution is 6.35. The van der Waals surface area contributed by atoms with Crippen LogP contribution >= 0.6 is 23.2 Å². The molecule has 0 saturated heterocycles. The summed E-state index contributed by atoms with van der Waals surface area (Å²) in [6.07, 6.45) is 6.63. The molecule has 2 aromatic heterocycles. The van der Waals surface area contributed by atoms with Gasteiger partial charge in [-0.3, -0.25) is 9.36 Å². The molecule has 7 heteroatoms. The number of nitrogens with zero attached hydrogens (tertiary/aromatic N) is 3. The number of hydrogen-bond acceptors (Lipinski definition) is 3. The van der Waals surface area contributed by atoms with Crippen molar-refractivity contribution in [2.24, 2.45) is 0 Å². The zero-order valence-electron chi connectivity index (χ0n) is 12.8. The molecule has 24 heavy (non-hydrogen) atoms. The first-order valence-electron chi connectivity index (χ1n) is 7.25. The van der Waals surface area contributed by atoms with E-state index in [2.05, 4.69) is 15.3 Å². The Morgan fingerprint density at radius 1 is 1.25 bits per heavy atom. The Bertz CT molecular complexity index is 848. The molecule has 2 heterocycles. The number of benzene rings is 1. The largest absolute Gasteiger partial charge is 0.345 e. The molecule has 0 radical (unpaired) electrons. The lowest BCUT2D eigenvalue weighted by Gasteiger charge is -2.16. The Balaban J connectivity index is 1.72. The summed E-state index contributed by atoms with van der Waals surface area (Å²) < 4.78 is 1.76. The summed E-state index contributed by atoms with van der Waals surface area (Å²) in [6.45, 7) is 1.86. The van der Waals surface area contributed by atoms with Crippen LogP contribution in [0.1, 0.15) is 28.9 Å². The molecule has 0 aliphatic heterocycles. The van der Waals surface area contributed by atoms with Gasteiger partial charge in [0.1, 0.15) is 12.1 Å². The third-order valence-corrected chi connectivity index (χ3v) is 4.12. The van der Waals surface area contributed by atoms with E-state index < -0.39 is 0 Å².